The van der Waals surface area contributed by atoms with Gasteiger partial charge in [0.1, 0.15) is 0 Å². The van der Waals surface area contributed by atoms with Crippen LogP contribution in [0, 0.1) is 5.92 Å². The number of fused-ring (bicyclic) bond motifs is 1. The van der Waals surface area contributed by atoms with E-state index in [0.717, 1.165) is 60.5 Å². The van der Waals surface area contributed by atoms with Crippen molar-refractivity contribution < 1.29 is 14.3 Å². The van der Waals surface area contributed by atoms with E-state index in [-0.39, 0.29) is 35.8 Å². The third-order valence-corrected chi connectivity index (χ3v) is 5.86. The van der Waals surface area contributed by atoms with Crippen molar-refractivity contribution >= 4 is 47.2 Å². The Morgan fingerprint density at radius 3 is 2.48 bits per heavy atom. The molecule has 2 aliphatic rings. The summed E-state index contributed by atoms with van der Waals surface area (Å²) in [4.78, 5) is 16.9. The Morgan fingerprint density at radius 1 is 0.939 bits per heavy atom. The van der Waals surface area contributed by atoms with Crippen molar-refractivity contribution in [2.24, 2.45) is 10.9 Å². The predicted molar refractivity (Wildman–Crippen MR) is 143 cm³/mol. The van der Waals surface area contributed by atoms with Gasteiger partial charge in [-0.05, 0) is 42.7 Å². The summed E-state index contributed by atoms with van der Waals surface area (Å²) in [5.41, 5.74) is 2.77. The van der Waals surface area contributed by atoms with Gasteiger partial charge in [-0.1, -0.05) is 31.4 Å². The van der Waals surface area contributed by atoms with Gasteiger partial charge in [-0.25, -0.2) is 0 Å². The van der Waals surface area contributed by atoms with Crippen LogP contribution >= 0.6 is 24.0 Å². The fraction of sp³-hybridized carbons (Fsp3) is 0.440. The zero-order chi connectivity index (χ0) is 22.2. The molecule has 4 rings (SSSR count). The Labute approximate surface area is 212 Å². The van der Waals surface area contributed by atoms with Crippen molar-refractivity contribution in [3.8, 4) is 11.5 Å². The number of ether oxygens (including phenoxy) is 2. The SMILES string of the molecule is CN=C(NCc1cccc(NC(=O)C2CCCCC2)c1)Nc1ccc2c(c1)OCCCO2.I. The van der Waals surface area contributed by atoms with Crippen LogP contribution in [0.1, 0.15) is 44.1 Å². The Morgan fingerprint density at radius 2 is 1.70 bits per heavy atom. The number of halogens is 1. The summed E-state index contributed by atoms with van der Waals surface area (Å²) in [6.45, 7) is 1.90. The molecule has 0 aromatic heterocycles. The molecule has 3 N–H and O–H groups in total. The van der Waals surface area contributed by atoms with Crippen molar-refractivity contribution in [3.63, 3.8) is 0 Å². The highest BCUT2D eigenvalue weighted by molar-refractivity contribution is 14.0. The highest BCUT2D eigenvalue weighted by atomic mass is 127. The van der Waals surface area contributed by atoms with Crippen LogP contribution in [0.2, 0.25) is 0 Å². The number of nitrogens with zero attached hydrogens (tertiary/aromatic N) is 1. The first-order valence-electron chi connectivity index (χ1n) is 11.5. The molecule has 178 valence electrons. The molecule has 1 heterocycles. The maximum absolute atomic E-state index is 12.5. The van der Waals surface area contributed by atoms with Crippen molar-refractivity contribution in [1.82, 2.24) is 5.32 Å². The van der Waals surface area contributed by atoms with E-state index in [1.165, 1.54) is 6.42 Å². The molecule has 2 aromatic carbocycles. The molecular weight excluding hydrogens is 531 g/mol. The highest BCUT2D eigenvalue weighted by Gasteiger charge is 2.21. The summed E-state index contributed by atoms with van der Waals surface area (Å²) in [6, 6.07) is 13.7. The Balaban J connectivity index is 0.00000306. The normalized spacial score (nSPS) is 16.2. The first kappa shape index (κ1) is 25.1. The molecule has 2 aromatic rings. The summed E-state index contributed by atoms with van der Waals surface area (Å²) in [6.07, 6.45) is 6.41. The molecule has 33 heavy (non-hydrogen) atoms. The van der Waals surface area contributed by atoms with Crippen LogP contribution in [0.3, 0.4) is 0 Å². The van der Waals surface area contributed by atoms with Crippen LogP contribution in [-0.4, -0.2) is 32.1 Å². The van der Waals surface area contributed by atoms with Gasteiger partial charge in [0.25, 0.3) is 0 Å². The maximum Gasteiger partial charge on any atom is 0.227 e. The first-order chi connectivity index (χ1) is 15.7. The minimum Gasteiger partial charge on any atom is -0.490 e. The molecular formula is C25H33IN4O3. The number of guanidine groups is 1. The van der Waals surface area contributed by atoms with E-state index >= 15 is 0 Å². The molecule has 1 aliphatic heterocycles. The topological polar surface area (TPSA) is 84.0 Å². The highest BCUT2D eigenvalue weighted by Crippen LogP contribution is 2.32. The van der Waals surface area contributed by atoms with E-state index in [4.69, 9.17) is 9.47 Å². The molecule has 0 bridgehead atoms. The third-order valence-electron chi connectivity index (χ3n) is 5.86. The maximum atomic E-state index is 12.5. The summed E-state index contributed by atoms with van der Waals surface area (Å²) < 4.78 is 11.5. The number of carbonyl (C=O) groups excluding carboxylic acids is 1. The molecule has 0 radical (unpaired) electrons. The number of benzene rings is 2. The first-order valence-corrected chi connectivity index (χ1v) is 11.5. The molecule has 1 amide bonds. The van der Waals surface area contributed by atoms with E-state index in [2.05, 4.69) is 20.9 Å². The van der Waals surface area contributed by atoms with E-state index in [1.54, 1.807) is 7.05 Å². The summed E-state index contributed by atoms with van der Waals surface area (Å²) in [5, 5.41) is 9.71. The average molecular weight is 564 g/mol. The standard InChI is InChI=1S/C25H32N4O3.HI/c1-26-25(29-21-11-12-22-23(16-21)32-14-6-13-31-22)27-17-18-7-5-10-20(15-18)28-24(30)19-8-3-2-4-9-19;/h5,7,10-12,15-16,19H,2-4,6,8-9,13-14,17H2,1H3,(H,28,30)(H2,26,27,29);1H. The molecule has 0 atom stereocenters. The van der Waals surface area contributed by atoms with Gasteiger partial charge in [0, 0.05) is 43.4 Å². The lowest BCUT2D eigenvalue weighted by Gasteiger charge is -2.21. The molecule has 0 saturated heterocycles. The number of hydrogen-bond donors (Lipinski definition) is 3. The van der Waals surface area contributed by atoms with Crippen molar-refractivity contribution in [1.29, 1.82) is 0 Å². The summed E-state index contributed by atoms with van der Waals surface area (Å²) >= 11 is 0. The second-order valence-corrected chi connectivity index (χ2v) is 8.29. The summed E-state index contributed by atoms with van der Waals surface area (Å²) in [7, 11) is 1.74. The number of hydrogen-bond acceptors (Lipinski definition) is 4. The second kappa shape index (κ2) is 12.7. The van der Waals surface area contributed by atoms with Gasteiger partial charge in [-0.3, -0.25) is 9.79 Å². The van der Waals surface area contributed by atoms with Crippen LogP contribution < -0.4 is 25.4 Å². The monoisotopic (exact) mass is 564 g/mol. The molecule has 8 heteroatoms. The zero-order valence-corrected chi connectivity index (χ0v) is 21.4. The number of nitrogens with one attached hydrogen (secondary N) is 3. The Hall–Kier alpha value is -2.49. The second-order valence-electron chi connectivity index (χ2n) is 8.29. The minimum absolute atomic E-state index is 0. The van der Waals surface area contributed by atoms with Crippen LogP contribution in [0.5, 0.6) is 11.5 Å². The third kappa shape index (κ3) is 7.25. The molecule has 0 unspecified atom stereocenters. The molecule has 0 spiro atoms. The van der Waals surface area contributed by atoms with E-state index in [9.17, 15) is 4.79 Å². The quantitative estimate of drug-likeness (QED) is 0.265. The van der Waals surface area contributed by atoms with Gasteiger partial charge in [-0.15, -0.1) is 24.0 Å². The van der Waals surface area contributed by atoms with Gasteiger partial charge in [0.15, 0.2) is 17.5 Å². The fourth-order valence-corrected chi connectivity index (χ4v) is 4.11. The van der Waals surface area contributed by atoms with Crippen LogP contribution in [0.25, 0.3) is 0 Å². The van der Waals surface area contributed by atoms with E-state index in [1.807, 2.05) is 42.5 Å². The number of anilines is 2. The van der Waals surface area contributed by atoms with Gasteiger partial charge >= 0.3 is 0 Å². The molecule has 7 nitrogen and oxygen atoms in total. The molecule has 1 saturated carbocycles. The largest absolute Gasteiger partial charge is 0.490 e. The number of carbonyl (C=O) groups is 1. The number of amides is 1. The van der Waals surface area contributed by atoms with Crippen molar-refractivity contribution in [2.75, 3.05) is 30.9 Å². The smallest absolute Gasteiger partial charge is 0.227 e. The lowest BCUT2D eigenvalue weighted by molar-refractivity contribution is -0.120. The van der Waals surface area contributed by atoms with Crippen LogP contribution in [0.15, 0.2) is 47.5 Å². The van der Waals surface area contributed by atoms with Crippen LogP contribution in [-0.2, 0) is 11.3 Å². The van der Waals surface area contributed by atoms with Gasteiger partial charge in [-0.2, -0.15) is 0 Å². The van der Waals surface area contributed by atoms with Crippen molar-refractivity contribution in [2.45, 2.75) is 45.1 Å². The van der Waals surface area contributed by atoms with Crippen molar-refractivity contribution in [3.05, 3.63) is 48.0 Å². The van der Waals surface area contributed by atoms with Gasteiger partial charge in [0.05, 0.1) is 13.2 Å². The predicted octanol–water partition coefficient (Wildman–Crippen LogP) is 5.17. The summed E-state index contributed by atoms with van der Waals surface area (Å²) in [5.74, 6) is 2.44. The minimum atomic E-state index is 0. The number of rotatable bonds is 5. The number of aliphatic imine (C=N–C) groups is 1. The fourth-order valence-electron chi connectivity index (χ4n) is 4.11. The van der Waals surface area contributed by atoms with E-state index in [0.29, 0.717) is 25.7 Å². The van der Waals surface area contributed by atoms with E-state index < -0.39 is 0 Å². The van der Waals surface area contributed by atoms with Crippen LogP contribution in [0.4, 0.5) is 11.4 Å². The lowest BCUT2D eigenvalue weighted by atomic mass is 9.88. The van der Waals surface area contributed by atoms with Gasteiger partial charge in [0.2, 0.25) is 5.91 Å². The molecule has 1 fully saturated rings. The average Bonchev–Trinajstić information content (AvgIpc) is 3.07. The van der Waals surface area contributed by atoms with Gasteiger partial charge < -0.3 is 25.4 Å². The Kier molecular flexibility index (Phi) is 9.65. The Bertz CT molecular complexity index is 960. The molecule has 1 aliphatic carbocycles. The lowest BCUT2D eigenvalue weighted by Crippen LogP contribution is -2.30. The zero-order valence-electron chi connectivity index (χ0n) is 19.1.